The lowest BCUT2D eigenvalue weighted by molar-refractivity contribution is 0.0935. The number of amides is 1. The summed E-state index contributed by atoms with van der Waals surface area (Å²) in [4.78, 5) is 11.9. The van der Waals surface area contributed by atoms with Gasteiger partial charge >= 0.3 is 0 Å². The molecule has 1 atom stereocenters. The number of benzene rings is 1. The van der Waals surface area contributed by atoms with Gasteiger partial charge in [0.05, 0.1) is 12.3 Å². The summed E-state index contributed by atoms with van der Waals surface area (Å²) in [6.07, 6.45) is 1.53. The molecule has 0 radical (unpaired) electrons. The van der Waals surface area contributed by atoms with Crippen molar-refractivity contribution < 1.29 is 13.6 Å². The molecule has 1 unspecified atom stereocenters. The maximum absolute atomic E-state index is 13.1. The zero-order valence-electron chi connectivity index (χ0n) is 9.81. The van der Waals surface area contributed by atoms with Crippen molar-refractivity contribution in [2.24, 2.45) is 0 Å². The van der Waals surface area contributed by atoms with Crippen molar-refractivity contribution >= 4 is 11.6 Å². The van der Waals surface area contributed by atoms with Crippen LogP contribution in [0.2, 0.25) is 0 Å². The Balaban J connectivity index is 2.12. The predicted molar refractivity (Wildman–Crippen MR) is 65.4 cm³/mol. The van der Waals surface area contributed by atoms with E-state index in [0.717, 1.165) is 12.1 Å². The van der Waals surface area contributed by atoms with Crippen LogP contribution in [0.4, 0.5) is 10.1 Å². The van der Waals surface area contributed by atoms with Crippen LogP contribution in [0.3, 0.4) is 0 Å². The fraction of sp³-hybridized carbons (Fsp3) is 0.154. The van der Waals surface area contributed by atoms with Gasteiger partial charge in [-0.25, -0.2) is 4.39 Å². The SMILES string of the molecule is CC(NC(=O)c1cc(N)cc(F)c1)c1ccco1. The minimum atomic E-state index is -0.536. The van der Waals surface area contributed by atoms with Crippen LogP contribution in [-0.4, -0.2) is 5.91 Å². The van der Waals surface area contributed by atoms with Crippen LogP contribution in [0.1, 0.15) is 29.1 Å². The molecule has 1 amide bonds. The Hall–Kier alpha value is -2.30. The van der Waals surface area contributed by atoms with E-state index in [9.17, 15) is 9.18 Å². The van der Waals surface area contributed by atoms with Crippen LogP contribution in [0, 0.1) is 5.82 Å². The molecule has 0 fully saturated rings. The molecular weight excluding hydrogens is 235 g/mol. The van der Waals surface area contributed by atoms with Crippen molar-refractivity contribution in [3.05, 3.63) is 53.7 Å². The molecule has 0 aliphatic carbocycles. The number of hydrogen-bond acceptors (Lipinski definition) is 3. The van der Waals surface area contributed by atoms with E-state index in [1.807, 2.05) is 0 Å². The third-order valence-corrected chi connectivity index (χ3v) is 2.50. The second kappa shape index (κ2) is 4.91. The van der Waals surface area contributed by atoms with Gasteiger partial charge in [0.25, 0.3) is 5.91 Å². The molecule has 18 heavy (non-hydrogen) atoms. The van der Waals surface area contributed by atoms with E-state index in [0.29, 0.717) is 5.76 Å². The molecule has 1 heterocycles. The number of carbonyl (C=O) groups is 1. The summed E-state index contributed by atoms with van der Waals surface area (Å²) in [7, 11) is 0. The van der Waals surface area contributed by atoms with E-state index in [-0.39, 0.29) is 17.3 Å². The monoisotopic (exact) mass is 248 g/mol. The average molecular weight is 248 g/mol. The summed E-state index contributed by atoms with van der Waals surface area (Å²) in [5, 5.41) is 2.70. The van der Waals surface area contributed by atoms with Gasteiger partial charge in [0.2, 0.25) is 0 Å². The third-order valence-electron chi connectivity index (χ3n) is 2.50. The van der Waals surface area contributed by atoms with Gasteiger partial charge < -0.3 is 15.5 Å². The highest BCUT2D eigenvalue weighted by Gasteiger charge is 2.14. The highest BCUT2D eigenvalue weighted by molar-refractivity contribution is 5.95. The Bertz CT molecular complexity index is 532. The largest absolute Gasteiger partial charge is 0.467 e. The maximum Gasteiger partial charge on any atom is 0.252 e. The smallest absolute Gasteiger partial charge is 0.252 e. The van der Waals surface area contributed by atoms with Crippen LogP contribution in [0.25, 0.3) is 0 Å². The first kappa shape index (κ1) is 12.2. The molecule has 94 valence electrons. The lowest BCUT2D eigenvalue weighted by atomic mass is 10.1. The number of halogens is 1. The number of nitrogens with one attached hydrogen (secondary N) is 1. The third kappa shape index (κ3) is 2.68. The van der Waals surface area contributed by atoms with Crippen LogP contribution in [0.15, 0.2) is 41.0 Å². The van der Waals surface area contributed by atoms with Crippen molar-refractivity contribution in [2.75, 3.05) is 5.73 Å². The summed E-state index contributed by atoms with van der Waals surface area (Å²) in [6.45, 7) is 1.78. The molecule has 1 aromatic heterocycles. The van der Waals surface area contributed by atoms with Gasteiger partial charge in [0.15, 0.2) is 0 Å². The van der Waals surface area contributed by atoms with E-state index in [4.69, 9.17) is 10.2 Å². The Morgan fingerprint density at radius 3 is 2.83 bits per heavy atom. The van der Waals surface area contributed by atoms with Crippen molar-refractivity contribution in [2.45, 2.75) is 13.0 Å². The quantitative estimate of drug-likeness (QED) is 0.820. The average Bonchev–Trinajstić information content (AvgIpc) is 2.80. The topological polar surface area (TPSA) is 68.3 Å². The molecule has 3 N–H and O–H groups in total. The molecule has 0 aliphatic rings. The minimum Gasteiger partial charge on any atom is -0.467 e. The van der Waals surface area contributed by atoms with Crippen LogP contribution >= 0.6 is 0 Å². The Morgan fingerprint density at radius 1 is 1.44 bits per heavy atom. The lowest BCUT2D eigenvalue weighted by Gasteiger charge is -2.11. The Kier molecular flexibility index (Phi) is 3.32. The first-order valence-electron chi connectivity index (χ1n) is 5.46. The fourth-order valence-electron chi connectivity index (χ4n) is 1.63. The molecule has 0 aliphatic heterocycles. The predicted octanol–water partition coefficient (Wildman–Crippen LogP) is 2.49. The van der Waals surface area contributed by atoms with Gasteiger partial charge in [0, 0.05) is 11.3 Å². The summed E-state index contributed by atoms with van der Waals surface area (Å²) < 4.78 is 18.3. The molecule has 5 heteroatoms. The number of hydrogen-bond donors (Lipinski definition) is 2. The number of anilines is 1. The highest BCUT2D eigenvalue weighted by atomic mass is 19.1. The second-order valence-corrected chi connectivity index (χ2v) is 3.98. The number of furan rings is 1. The Labute approximate surface area is 104 Å². The molecule has 2 aromatic rings. The van der Waals surface area contributed by atoms with Gasteiger partial charge in [-0.3, -0.25) is 4.79 Å². The van der Waals surface area contributed by atoms with E-state index in [2.05, 4.69) is 5.32 Å². The van der Waals surface area contributed by atoms with Gasteiger partial charge in [-0.05, 0) is 37.3 Å². The molecule has 0 saturated carbocycles. The molecule has 0 saturated heterocycles. The molecular formula is C13H13FN2O2. The van der Waals surface area contributed by atoms with Crippen molar-refractivity contribution in [3.63, 3.8) is 0 Å². The summed E-state index contributed by atoms with van der Waals surface area (Å²) in [5.74, 6) is -0.302. The maximum atomic E-state index is 13.1. The molecule has 0 bridgehead atoms. The van der Waals surface area contributed by atoms with Gasteiger partial charge in [-0.2, -0.15) is 0 Å². The zero-order valence-corrected chi connectivity index (χ0v) is 9.81. The molecule has 2 rings (SSSR count). The number of nitrogen functional groups attached to an aromatic ring is 1. The van der Waals surface area contributed by atoms with E-state index in [1.165, 1.54) is 12.3 Å². The molecule has 4 nitrogen and oxygen atoms in total. The normalized spacial score (nSPS) is 12.1. The van der Waals surface area contributed by atoms with Crippen molar-refractivity contribution in [1.82, 2.24) is 5.32 Å². The zero-order chi connectivity index (χ0) is 13.1. The van der Waals surface area contributed by atoms with E-state index >= 15 is 0 Å². The number of nitrogens with two attached hydrogens (primary N) is 1. The van der Waals surface area contributed by atoms with Gasteiger partial charge in [0.1, 0.15) is 11.6 Å². The lowest BCUT2D eigenvalue weighted by Crippen LogP contribution is -2.26. The van der Waals surface area contributed by atoms with Gasteiger partial charge in [-0.1, -0.05) is 0 Å². The standard InChI is InChI=1S/C13H13FN2O2/c1-8(12-3-2-4-18-12)16-13(17)9-5-10(14)7-11(15)6-9/h2-8H,15H2,1H3,(H,16,17). The van der Waals surface area contributed by atoms with Crippen molar-refractivity contribution in [1.29, 1.82) is 0 Å². The van der Waals surface area contributed by atoms with E-state index < -0.39 is 11.7 Å². The van der Waals surface area contributed by atoms with Crippen LogP contribution in [0.5, 0.6) is 0 Å². The van der Waals surface area contributed by atoms with Crippen LogP contribution < -0.4 is 11.1 Å². The Morgan fingerprint density at radius 2 is 2.22 bits per heavy atom. The summed E-state index contributed by atoms with van der Waals surface area (Å²) >= 11 is 0. The summed E-state index contributed by atoms with van der Waals surface area (Å²) in [6, 6.07) is 6.92. The first-order chi connectivity index (χ1) is 8.56. The molecule has 0 spiro atoms. The second-order valence-electron chi connectivity index (χ2n) is 3.98. The van der Waals surface area contributed by atoms with Crippen LogP contribution in [-0.2, 0) is 0 Å². The minimum absolute atomic E-state index is 0.186. The van der Waals surface area contributed by atoms with Gasteiger partial charge in [-0.15, -0.1) is 0 Å². The summed E-state index contributed by atoms with van der Waals surface area (Å²) in [5.41, 5.74) is 5.88. The van der Waals surface area contributed by atoms with E-state index in [1.54, 1.807) is 19.1 Å². The first-order valence-corrected chi connectivity index (χ1v) is 5.46. The number of carbonyl (C=O) groups excluding carboxylic acids is 1. The highest BCUT2D eigenvalue weighted by Crippen LogP contribution is 2.15. The van der Waals surface area contributed by atoms with Crippen molar-refractivity contribution in [3.8, 4) is 0 Å². The fourth-order valence-corrected chi connectivity index (χ4v) is 1.63. The molecule has 1 aromatic carbocycles. The number of rotatable bonds is 3.